The number of fused-ring (bicyclic) bond motifs is 1. The molecule has 0 radical (unpaired) electrons. The molecule has 106 valence electrons. The van der Waals surface area contributed by atoms with Crippen molar-refractivity contribution in [3.63, 3.8) is 0 Å². The summed E-state index contributed by atoms with van der Waals surface area (Å²) in [4.78, 5) is 0. The van der Waals surface area contributed by atoms with Crippen LogP contribution in [0.5, 0.6) is 0 Å². The lowest BCUT2D eigenvalue weighted by atomic mass is 10.2. The predicted octanol–water partition coefficient (Wildman–Crippen LogP) is 3.62. The second kappa shape index (κ2) is 5.38. The Kier molecular flexibility index (Phi) is 3.56. The molecular weight excluding hydrogens is 328 g/mol. The van der Waals surface area contributed by atoms with Gasteiger partial charge in [0.15, 0.2) is 0 Å². The average molecular weight is 343 g/mol. The van der Waals surface area contributed by atoms with Crippen LogP contribution in [-0.4, -0.2) is 14.3 Å². The summed E-state index contributed by atoms with van der Waals surface area (Å²) >= 11 is 3.66. The number of nitrogens with zero attached hydrogens (tertiary/aromatic N) is 4. The van der Waals surface area contributed by atoms with Crippen LogP contribution in [0.1, 0.15) is 23.9 Å². The fourth-order valence-corrected chi connectivity index (χ4v) is 3.30. The molecule has 5 heteroatoms. The maximum Gasteiger partial charge on any atom is 0.0991 e. The third kappa shape index (κ3) is 2.36. The summed E-state index contributed by atoms with van der Waals surface area (Å²) in [5.41, 5.74) is 4.04. The zero-order valence-electron chi connectivity index (χ0n) is 12.0. The highest BCUT2D eigenvalue weighted by Gasteiger charge is 2.13. The van der Waals surface area contributed by atoms with Gasteiger partial charge in [-0.1, -0.05) is 6.92 Å². The van der Waals surface area contributed by atoms with Crippen LogP contribution in [0, 0.1) is 11.3 Å². The maximum atomic E-state index is 8.97. The Morgan fingerprint density at radius 1 is 1.33 bits per heavy atom. The summed E-state index contributed by atoms with van der Waals surface area (Å²) in [6.07, 6.45) is 2.96. The monoisotopic (exact) mass is 342 g/mol. The first-order valence-corrected chi connectivity index (χ1v) is 7.62. The van der Waals surface area contributed by atoms with Crippen molar-refractivity contribution >= 4 is 26.8 Å². The lowest BCUT2D eigenvalue weighted by Crippen LogP contribution is -2.05. The van der Waals surface area contributed by atoms with Crippen LogP contribution in [0.25, 0.3) is 10.9 Å². The third-order valence-corrected chi connectivity index (χ3v) is 4.64. The van der Waals surface area contributed by atoms with Crippen molar-refractivity contribution in [3.05, 3.63) is 51.9 Å². The van der Waals surface area contributed by atoms with Gasteiger partial charge in [0.2, 0.25) is 0 Å². The molecule has 0 aliphatic carbocycles. The minimum absolute atomic E-state index is 0.690. The second-order valence-electron chi connectivity index (χ2n) is 5.01. The molecule has 0 aliphatic heterocycles. The molecule has 0 unspecified atom stereocenters. The Balaban J connectivity index is 2.03. The average Bonchev–Trinajstić information content (AvgIpc) is 3.02. The van der Waals surface area contributed by atoms with E-state index >= 15 is 0 Å². The van der Waals surface area contributed by atoms with Crippen molar-refractivity contribution in [2.24, 2.45) is 7.05 Å². The smallest absolute Gasteiger partial charge is 0.0991 e. The topological polar surface area (TPSA) is 46.5 Å². The number of hydrogen-bond donors (Lipinski definition) is 0. The number of aryl methyl sites for hydroxylation is 2. The first-order valence-electron chi connectivity index (χ1n) is 6.83. The van der Waals surface area contributed by atoms with Gasteiger partial charge in [-0.25, -0.2) is 0 Å². The highest BCUT2D eigenvalue weighted by Crippen LogP contribution is 2.25. The largest absolute Gasteiger partial charge is 0.341 e. The van der Waals surface area contributed by atoms with E-state index in [1.54, 1.807) is 0 Å². The van der Waals surface area contributed by atoms with E-state index < -0.39 is 0 Å². The van der Waals surface area contributed by atoms with Crippen LogP contribution in [0.3, 0.4) is 0 Å². The molecular formula is C16H15BrN4. The molecule has 0 saturated heterocycles. The van der Waals surface area contributed by atoms with Crippen LogP contribution in [0.15, 0.2) is 34.9 Å². The SMILES string of the molecule is CCc1nn(C)c(Cn2ccc3cc(C#N)ccc32)c1Br. The van der Waals surface area contributed by atoms with Crippen LogP contribution in [-0.2, 0) is 20.0 Å². The molecule has 0 aliphatic rings. The minimum atomic E-state index is 0.690. The number of halogens is 1. The molecule has 3 rings (SSSR count). The molecule has 0 saturated carbocycles. The van der Waals surface area contributed by atoms with E-state index in [4.69, 9.17) is 5.26 Å². The van der Waals surface area contributed by atoms with Gasteiger partial charge in [-0.05, 0) is 46.6 Å². The van der Waals surface area contributed by atoms with Crippen molar-refractivity contribution in [1.29, 1.82) is 5.26 Å². The number of hydrogen-bond acceptors (Lipinski definition) is 2. The molecule has 1 aromatic carbocycles. The van der Waals surface area contributed by atoms with Gasteiger partial charge in [-0.2, -0.15) is 10.4 Å². The van der Waals surface area contributed by atoms with Crippen molar-refractivity contribution in [2.75, 3.05) is 0 Å². The Hall–Kier alpha value is -2.06. The summed E-state index contributed by atoms with van der Waals surface area (Å²) in [6, 6.07) is 9.99. The number of rotatable bonds is 3. The molecule has 0 atom stereocenters. The normalized spacial score (nSPS) is 11.0. The third-order valence-electron chi connectivity index (χ3n) is 3.72. The van der Waals surface area contributed by atoms with E-state index in [0.717, 1.165) is 39.7 Å². The Bertz CT molecular complexity index is 851. The fraction of sp³-hybridized carbons (Fsp3) is 0.250. The Morgan fingerprint density at radius 3 is 2.81 bits per heavy atom. The summed E-state index contributed by atoms with van der Waals surface area (Å²) in [7, 11) is 1.97. The molecule has 0 N–H and O–H groups in total. The highest BCUT2D eigenvalue weighted by molar-refractivity contribution is 9.10. The van der Waals surface area contributed by atoms with Crippen molar-refractivity contribution < 1.29 is 0 Å². The molecule has 0 fully saturated rings. The summed E-state index contributed by atoms with van der Waals surface area (Å²) in [6.45, 7) is 2.85. The van der Waals surface area contributed by atoms with Gasteiger partial charge < -0.3 is 4.57 Å². The first kappa shape index (κ1) is 13.9. The molecule has 4 nitrogen and oxygen atoms in total. The molecule has 2 heterocycles. The van der Waals surface area contributed by atoms with Crippen LogP contribution >= 0.6 is 15.9 Å². The lowest BCUT2D eigenvalue weighted by molar-refractivity contribution is 0.668. The number of aromatic nitrogens is 3. The van der Waals surface area contributed by atoms with Gasteiger partial charge in [-0.15, -0.1) is 0 Å². The van der Waals surface area contributed by atoms with E-state index in [9.17, 15) is 0 Å². The van der Waals surface area contributed by atoms with E-state index in [1.165, 1.54) is 0 Å². The van der Waals surface area contributed by atoms with Gasteiger partial charge >= 0.3 is 0 Å². The minimum Gasteiger partial charge on any atom is -0.341 e. The number of nitriles is 1. The zero-order valence-corrected chi connectivity index (χ0v) is 13.6. The summed E-state index contributed by atoms with van der Waals surface area (Å²) in [5.74, 6) is 0. The quantitative estimate of drug-likeness (QED) is 0.729. The van der Waals surface area contributed by atoms with E-state index in [-0.39, 0.29) is 0 Å². The van der Waals surface area contributed by atoms with Gasteiger partial charge in [0.1, 0.15) is 0 Å². The van der Waals surface area contributed by atoms with E-state index in [0.29, 0.717) is 5.56 Å². The second-order valence-corrected chi connectivity index (χ2v) is 5.81. The summed E-state index contributed by atoms with van der Waals surface area (Å²) < 4.78 is 5.19. The van der Waals surface area contributed by atoms with Gasteiger partial charge in [0.05, 0.1) is 34.0 Å². The standard InChI is InChI=1S/C16H15BrN4/c1-3-13-16(17)15(20(2)19-13)10-21-7-6-12-8-11(9-18)4-5-14(12)21/h4-8H,3,10H2,1-2H3. The Morgan fingerprint density at radius 2 is 2.14 bits per heavy atom. The maximum absolute atomic E-state index is 8.97. The summed E-state index contributed by atoms with van der Waals surface area (Å²) in [5, 5.41) is 14.6. The van der Waals surface area contributed by atoms with Gasteiger partial charge in [0, 0.05) is 24.1 Å². The van der Waals surface area contributed by atoms with Crippen LogP contribution in [0.2, 0.25) is 0 Å². The van der Waals surface area contributed by atoms with Crippen molar-refractivity contribution in [1.82, 2.24) is 14.3 Å². The predicted molar refractivity (Wildman–Crippen MR) is 86.0 cm³/mol. The van der Waals surface area contributed by atoms with Crippen LogP contribution < -0.4 is 0 Å². The van der Waals surface area contributed by atoms with E-state index in [1.807, 2.05) is 36.0 Å². The zero-order chi connectivity index (χ0) is 15.0. The van der Waals surface area contributed by atoms with Crippen molar-refractivity contribution in [3.8, 4) is 6.07 Å². The fourth-order valence-electron chi connectivity index (χ4n) is 2.56. The van der Waals surface area contributed by atoms with E-state index in [2.05, 4.69) is 44.8 Å². The molecule has 3 aromatic rings. The molecule has 0 amide bonds. The van der Waals surface area contributed by atoms with Crippen molar-refractivity contribution in [2.45, 2.75) is 19.9 Å². The highest BCUT2D eigenvalue weighted by atomic mass is 79.9. The Labute approximate surface area is 131 Å². The van der Waals surface area contributed by atoms with Gasteiger partial charge in [0.25, 0.3) is 0 Å². The van der Waals surface area contributed by atoms with Gasteiger partial charge in [-0.3, -0.25) is 4.68 Å². The lowest BCUT2D eigenvalue weighted by Gasteiger charge is -2.07. The molecule has 21 heavy (non-hydrogen) atoms. The van der Waals surface area contributed by atoms with Crippen LogP contribution in [0.4, 0.5) is 0 Å². The molecule has 0 bridgehead atoms. The number of benzene rings is 1. The first-order chi connectivity index (χ1) is 10.1. The molecule has 0 spiro atoms. The molecule has 2 aromatic heterocycles.